The maximum Gasteiger partial charge on any atom is 0.294 e. The summed E-state index contributed by atoms with van der Waals surface area (Å²) in [5.74, 6) is -1.30. The number of hydrogen-bond acceptors (Lipinski definition) is 6. The number of anilines is 2. The highest BCUT2D eigenvalue weighted by atomic mass is 35.5. The molecule has 0 radical (unpaired) electrons. The van der Waals surface area contributed by atoms with Gasteiger partial charge >= 0.3 is 0 Å². The molecule has 1 aliphatic heterocycles. The van der Waals surface area contributed by atoms with Crippen LogP contribution in [0, 0.1) is 0 Å². The zero-order chi connectivity index (χ0) is 26.3. The van der Waals surface area contributed by atoms with Gasteiger partial charge < -0.3 is 19.2 Å². The van der Waals surface area contributed by atoms with Gasteiger partial charge in [-0.2, -0.15) is 0 Å². The van der Waals surface area contributed by atoms with Gasteiger partial charge in [0, 0.05) is 41.9 Å². The van der Waals surface area contributed by atoms with Crippen molar-refractivity contribution in [3.63, 3.8) is 0 Å². The molecule has 1 aliphatic rings. The van der Waals surface area contributed by atoms with Crippen LogP contribution in [-0.2, 0) is 4.79 Å². The predicted octanol–water partition coefficient (Wildman–Crippen LogP) is 6.33. The maximum atomic E-state index is 13.8. The monoisotopic (exact) mass is 516 g/mol. The van der Waals surface area contributed by atoms with E-state index in [1.54, 1.807) is 48.5 Å². The Kier molecular flexibility index (Phi) is 6.39. The van der Waals surface area contributed by atoms with Gasteiger partial charge in [-0.25, -0.2) is 0 Å². The van der Waals surface area contributed by atoms with Crippen LogP contribution in [0.15, 0.2) is 88.5 Å². The maximum absolute atomic E-state index is 13.8. The summed E-state index contributed by atoms with van der Waals surface area (Å²) in [5, 5.41) is 12.2. The minimum Gasteiger partial charge on any atom is -0.503 e. The first-order chi connectivity index (χ1) is 17.8. The quantitative estimate of drug-likeness (QED) is 0.289. The summed E-state index contributed by atoms with van der Waals surface area (Å²) in [4.78, 5) is 30.6. The highest BCUT2D eigenvalue weighted by molar-refractivity contribution is 6.31. The summed E-state index contributed by atoms with van der Waals surface area (Å²) < 4.78 is 11.4. The van der Waals surface area contributed by atoms with Crippen molar-refractivity contribution in [2.24, 2.45) is 0 Å². The number of rotatable bonds is 7. The number of fused-ring (bicyclic) bond motifs is 1. The van der Waals surface area contributed by atoms with Crippen molar-refractivity contribution in [2.45, 2.75) is 13.0 Å². The molecule has 0 saturated heterocycles. The van der Waals surface area contributed by atoms with Crippen LogP contribution >= 0.6 is 11.6 Å². The molecule has 1 N–H and O–H groups in total. The van der Waals surface area contributed by atoms with Crippen LogP contribution in [0.3, 0.4) is 0 Å². The zero-order valence-corrected chi connectivity index (χ0v) is 21.3. The fourth-order valence-electron chi connectivity index (χ4n) is 4.52. The van der Waals surface area contributed by atoms with Crippen molar-refractivity contribution in [3.05, 3.63) is 100 Å². The van der Waals surface area contributed by atoms with E-state index in [1.807, 2.05) is 50.2 Å². The van der Waals surface area contributed by atoms with Crippen LogP contribution in [0.1, 0.15) is 29.1 Å². The molecule has 188 valence electrons. The Hall–Kier alpha value is -4.23. The summed E-state index contributed by atoms with van der Waals surface area (Å²) in [7, 11) is 3.85. The Bertz CT molecular complexity index is 1540. The van der Waals surface area contributed by atoms with E-state index in [4.69, 9.17) is 20.8 Å². The molecule has 4 aromatic rings. The second-order valence-corrected chi connectivity index (χ2v) is 9.31. The molecular formula is C29H25ClN2O5. The summed E-state index contributed by atoms with van der Waals surface area (Å²) in [6.45, 7) is 2.32. The number of carbonyl (C=O) groups is 2. The van der Waals surface area contributed by atoms with Gasteiger partial charge in [0.1, 0.15) is 11.3 Å². The van der Waals surface area contributed by atoms with Gasteiger partial charge in [0.2, 0.25) is 5.78 Å². The summed E-state index contributed by atoms with van der Waals surface area (Å²) in [5.41, 5.74) is 2.52. The summed E-state index contributed by atoms with van der Waals surface area (Å²) in [6, 6.07) is 20.2. The molecule has 0 aliphatic carbocycles. The fourth-order valence-corrected chi connectivity index (χ4v) is 4.70. The van der Waals surface area contributed by atoms with Crippen molar-refractivity contribution in [1.29, 1.82) is 0 Å². The van der Waals surface area contributed by atoms with Crippen LogP contribution < -0.4 is 14.5 Å². The Morgan fingerprint density at radius 1 is 1.08 bits per heavy atom. The molecule has 3 aromatic carbocycles. The molecule has 5 rings (SSSR count). The van der Waals surface area contributed by atoms with Gasteiger partial charge in [-0.05, 0) is 61.0 Å². The van der Waals surface area contributed by atoms with Crippen LogP contribution in [0.5, 0.6) is 5.75 Å². The van der Waals surface area contributed by atoms with Gasteiger partial charge in [-0.1, -0.05) is 29.8 Å². The fraction of sp³-hybridized carbons (Fsp3) is 0.172. The number of aliphatic hydroxyl groups excluding tert-OH is 1. The third-order valence-electron chi connectivity index (χ3n) is 6.29. The number of carbonyl (C=O) groups excluding carboxylic acids is 2. The van der Waals surface area contributed by atoms with E-state index in [0.717, 1.165) is 5.69 Å². The minimum absolute atomic E-state index is 0.00597. The predicted molar refractivity (Wildman–Crippen MR) is 144 cm³/mol. The van der Waals surface area contributed by atoms with E-state index < -0.39 is 23.5 Å². The van der Waals surface area contributed by atoms with E-state index in [1.165, 1.54) is 4.90 Å². The smallest absolute Gasteiger partial charge is 0.294 e. The lowest BCUT2D eigenvalue weighted by Crippen LogP contribution is -2.31. The number of halogens is 1. The van der Waals surface area contributed by atoms with Gasteiger partial charge in [0.05, 0.1) is 18.2 Å². The Balaban J connectivity index is 1.64. The van der Waals surface area contributed by atoms with Crippen LogP contribution in [0.25, 0.3) is 11.0 Å². The molecule has 7 nitrogen and oxygen atoms in total. The van der Waals surface area contributed by atoms with E-state index in [2.05, 4.69) is 0 Å². The minimum atomic E-state index is -0.884. The average Bonchev–Trinajstić information content (AvgIpc) is 3.42. The third kappa shape index (κ3) is 4.42. The highest BCUT2D eigenvalue weighted by Gasteiger charge is 2.45. The van der Waals surface area contributed by atoms with Crippen molar-refractivity contribution in [1.82, 2.24) is 0 Å². The van der Waals surface area contributed by atoms with E-state index in [-0.39, 0.29) is 11.3 Å². The lowest BCUT2D eigenvalue weighted by Gasteiger charge is -2.27. The van der Waals surface area contributed by atoms with Gasteiger partial charge in [-0.3, -0.25) is 14.5 Å². The number of aliphatic hydroxyl groups is 1. The summed E-state index contributed by atoms with van der Waals surface area (Å²) >= 11 is 6.10. The number of amides is 1. The molecule has 8 heteroatoms. The molecule has 37 heavy (non-hydrogen) atoms. The van der Waals surface area contributed by atoms with E-state index >= 15 is 0 Å². The summed E-state index contributed by atoms with van der Waals surface area (Å²) in [6.07, 6.45) is 0. The van der Waals surface area contributed by atoms with Crippen molar-refractivity contribution >= 4 is 45.6 Å². The SMILES string of the molecule is CCOc1cccc(N2C(=O)C(O)=C(C(=O)c3cc4cc(Cl)ccc4o3)C2c2ccc(N(C)C)cc2)c1. The molecular weight excluding hydrogens is 492 g/mol. The zero-order valence-electron chi connectivity index (χ0n) is 20.6. The molecule has 1 aromatic heterocycles. The van der Waals surface area contributed by atoms with Crippen molar-refractivity contribution in [3.8, 4) is 5.75 Å². The number of ether oxygens (including phenoxy) is 1. The molecule has 1 atom stereocenters. The number of benzene rings is 3. The van der Waals surface area contributed by atoms with Crippen LogP contribution in [0.2, 0.25) is 5.02 Å². The van der Waals surface area contributed by atoms with E-state index in [9.17, 15) is 14.7 Å². The molecule has 2 heterocycles. The average molecular weight is 517 g/mol. The molecule has 1 amide bonds. The van der Waals surface area contributed by atoms with Gasteiger partial charge in [0.25, 0.3) is 5.91 Å². The van der Waals surface area contributed by atoms with E-state index in [0.29, 0.717) is 39.6 Å². The largest absolute Gasteiger partial charge is 0.503 e. The molecule has 0 bridgehead atoms. The second-order valence-electron chi connectivity index (χ2n) is 8.88. The van der Waals surface area contributed by atoms with Crippen molar-refractivity contribution < 1.29 is 23.8 Å². The Labute approximate surface area is 219 Å². The second kappa shape index (κ2) is 9.67. The number of Topliss-reactive ketones (excluding diaryl/α,β-unsaturated/α-hetero) is 1. The van der Waals surface area contributed by atoms with Gasteiger partial charge in [-0.15, -0.1) is 0 Å². The Morgan fingerprint density at radius 3 is 2.54 bits per heavy atom. The number of ketones is 1. The first kappa shape index (κ1) is 24.5. The molecule has 0 fully saturated rings. The number of furan rings is 1. The lowest BCUT2D eigenvalue weighted by molar-refractivity contribution is -0.117. The van der Waals surface area contributed by atoms with Crippen molar-refractivity contribution in [2.75, 3.05) is 30.5 Å². The van der Waals surface area contributed by atoms with Gasteiger partial charge in [0.15, 0.2) is 11.5 Å². The molecule has 0 spiro atoms. The standard InChI is InChI=1S/C29H25ClN2O5/c1-4-36-22-7-5-6-21(16-22)32-26(17-8-11-20(12-9-17)31(2)3)25(28(34)29(32)35)27(33)24-15-18-14-19(30)10-13-23(18)37-24/h5-16,26,34H,4H2,1-3H3. The Morgan fingerprint density at radius 2 is 1.84 bits per heavy atom. The van der Waals surface area contributed by atoms with Crippen LogP contribution in [-0.4, -0.2) is 37.5 Å². The number of nitrogens with zero attached hydrogens (tertiary/aromatic N) is 2. The third-order valence-corrected chi connectivity index (χ3v) is 6.52. The lowest BCUT2D eigenvalue weighted by atomic mass is 9.94. The van der Waals surface area contributed by atoms with Crippen LogP contribution in [0.4, 0.5) is 11.4 Å². The molecule has 1 unspecified atom stereocenters. The first-order valence-electron chi connectivity index (χ1n) is 11.8. The number of hydrogen-bond donors (Lipinski definition) is 1. The first-order valence-corrected chi connectivity index (χ1v) is 12.2. The topological polar surface area (TPSA) is 83.2 Å². The normalized spacial score (nSPS) is 15.5. The highest BCUT2D eigenvalue weighted by Crippen LogP contribution is 2.43. The molecule has 0 saturated carbocycles.